The van der Waals surface area contributed by atoms with Gasteiger partial charge in [-0.15, -0.1) is 0 Å². The number of amides is 2. The van der Waals surface area contributed by atoms with Crippen molar-refractivity contribution in [3.05, 3.63) is 59.4 Å². The van der Waals surface area contributed by atoms with E-state index in [0.29, 0.717) is 18.5 Å². The molecule has 1 saturated carbocycles. The summed E-state index contributed by atoms with van der Waals surface area (Å²) in [4.78, 5) is 12.3. The molecule has 0 aliphatic heterocycles. The van der Waals surface area contributed by atoms with E-state index < -0.39 is 0 Å². The van der Waals surface area contributed by atoms with Gasteiger partial charge in [0.05, 0.1) is 0 Å². The number of rotatable bonds is 10. The summed E-state index contributed by atoms with van der Waals surface area (Å²) in [5.74, 6) is 0.413. The Balaban J connectivity index is 1.77. The smallest absolute Gasteiger partial charge is 0.315 e. The van der Waals surface area contributed by atoms with Crippen LogP contribution in [0.4, 0.5) is 20.6 Å². The topological polar surface area (TPSA) is 77.0 Å². The maximum absolute atomic E-state index is 13.2. The number of hydrogen-bond acceptors (Lipinski definition) is 3. The fraction of sp³-hybridized carbons (Fsp3) is 0.481. The molecule has 0 aromatic heterocycles. The number of urea groups is 1. The van der Waals surface area contributed by atoms with Crippen LogP contribution >= 0.6 is 0 Å². The highest BCUT2D eigenvalue weighted by Gasteiger charge is 2.32. The molecule has 6 heteroatoms. The maximum atomic E-state index is 13.2. The molecule has 2 aromatic carbocycles. The van der Waals surface area contributed by atoms with Crippen molar-refractivity contribution in [3.63, 3.8) is 0 Å². The summed E-state index contributed by atoms with van der Waals surface area (Å²) >= 11 is 0. The van der Waals surface area contributed by atoms with Gasteiger partial charge in [0.25, 0.3) is 0 Å². The minimum atomic E-state index is -0.281. The molecule has 1 aliphatic carbocycles. The zero-order valence-electron chi connectivity index (χ0n) is 20.2. The fourth-order valence-corrected chi connectivity index (χ4v) is 4.32. The number of carbonyl (C=O) groups excluding carboxylic acids is 1. The number of halogens is 1. The molecule has 0 spiro atoms. The average molecular weight is 453 g/mol. The number of hydrogen-bond donors (Lipinski definition) is 4. The third kappa shape index (κ3) is 6.80. The molecule has 4 N–H and O–H groups in total. The molecular weight excluding hydrogens is 415 g/mol. The van der Waals surface area contributed by atoms with Gasteiger partial charge in [-0.1, -0.05) is 33.8 Å². The van der Waals surface area contributed by atoms with Gasteiger partial charge in [-0.05, 0) is 84.9 Å². The van der Waals surface area contributed by atoms with E-state index in [-0.39, 0.29) is 23.2 Å². The highest BCUT2D eigenvalue weighted by Crippen LogP contribution is 2.41. The summed E-state index contributed by atoms with van der Waals surface area (Å²) in [7, 11) is 0. The Kier molecular flexibility index (Phi) is 8.11. The molecule has 1 fully saturated rings. The van der Waals surface area contributed by atoms with Crippen molar-refractivity contribution >= 4 is 23.6 Å². The standard InChI is InChI=1S/C27H37FN4O/c1-18(2)14-24(27(3,4)17-30-26(33)32-22-6-5-7-22)19-8-13-25(20(15-19)16-29)31-23-11-9-21(28)10-12-23/h8-13,15-16,18,22,24,29,31H,5-7,14,17H2,1-4H3,(H2,30,32,33). The first-order chi connectivity index (χ1) is 15.7. The van der Waals surface area contributed by atoms with Crippen molar-refractivity contribution < 1.29 is 9.18 Å². The third-order valence-corrected chi connectivity index (χ3v) is 6.55. The number of benzene rings is 2. The quantitative estimate of drug-likeness (QED) is 0.308. The Hall–Kier alpha value is -2.89. The largest absolute Gasteiger partial charge is 0.355 e. The Morgan fingerprint density at radius 3 is 2.45 bits per heavy atom. The van der Waals surface area contributed by atoms with Crippen molar-refractivity contribution in [2.45, 2.75) is 65.3 Å². The second-order valence-corrected chi connectivity index (χ2v) is 10.2. The molecule has 33 heavy (non-hydrogen) atoms. The third-order valence-electron chi connectivity index (χ3n) is 6.55. The van der Waals surface area contributed by atoms with Crippen molar-refractivity contribution in [2.24, 2.45) is 11.3 Å². The van der Waals surface area contributed by atoms with Gasteiger partial charge in [0.2, 0.25) is 0 Å². The van der Waals surface area contributed by atoms with Crippen LogP contribution in [0.1, 0.15) is 70.4 Å². The number of anilines is 2. The van der Waals surface area contributed by atoms with Crippen LogP contribution in [0.5, 0.6) is 0 Å². The SMILES string of the molecule is CC(C)CC(c1ccc(Nc2ccc(F)cc2)c(C=N)c1)C(C)(C)CNC(=O)NC1CCC1. The Morgan fingerprint density at radius 2 is 1.88 bits per heavy atom. The molecule has 1 atom stereocenters. The summed E-state index contributed by atoms with van der Waals surface area (Å²) < 4.78 is 13.2. The zero-order valence-corrected chi connectivity index (χ0v) is 20.2. The first-order valence-electron chi connectivity index (χ1n) is 11.9. The molecule has 1 aliphatic rings. The summed E-state index contributed by atoms with van der Waals surface area (Å²) in [6, 6.07) is 12.6. The molecule has 2 amide bonds. The van der Waals surface area contributed by atoms with Crippen molar-refractivity contribution in [3.8, 4) is 0 Å². The molecule has 5 nitrogen and oxygen atoms in total. The van der Waals surface area contributed by atoms with Crippen molar-refractivity contribution in [1.29, 1.82) is 5.41 Å². The van der Waals surface area contributed by atoms with Crippen LogP contribution < -0.4 is 16.0 Å². The molecule has 0 saturated heterocycles. The van der Waals surface area contributed by atoms with Gasteiger partial charge in [-0.25, -0.2) is 9.18 Å². The first kappa shape index (κ1) is 24.7. The lowest BCUT2D eigenvalue weighted by molar-refractivity contribution is 0.209. The lowest BCUT2D eigenvalue weighted by Gasteiger charge is -2.37. The van der Waals surface area contributed by atoms with Crippen LogP contribution in [0.15, 0.2) is 42.5 Å². The minimum Gasteiger partial charge on any atom is -0.355 e. The summed E-state index contributed by atoms with van der Waals surface area (Å²) in [5.41, 5.74) is 3.33. The van der Waals surface area contributed by atoms with E-state index in [2.05, 4.69) is 55.8 Å². The Bertz CT molecular complexity index is 951. The van der Waals surface area contributed by atoms with E-state index in [1.54, 1.807) is 12.1 Å². The molecule has 0 radical (unpaired) electrons. The Labute approximate surface area is 197 Å². The van der Waals surface area contributed by atoms with E-state index in [1.165, 1.54) is 24.8 Å². The van der Waals surface area contributed by atoms with Crippen LogP contribution in [0.25, 0.3) is 0 Å². The van der Waals surface area contributed by atoms with E-state index in [4.69, 9.17) is 5.41 Å². The van der Waals surface area contributed by atoms with Crippen LogP contribution in [-0.4, -0.2) is 24.8 Å². The van der Waals surface area contributed by atoms with Crippen molar-refractivity contribution in [2.75, 3.05) is 11.9 Å². The van der Waals surface area contributed by atoms with Crippen molar-refractivity contribution in [1.82, 2.24) is 10.6 Å². The van der Waals surface area contributed by atoms with Gasteiger partial charge < -0.3 is 21.4 Å². The summed E-state index contributed by atoms with van der Waals surface area (Å²) in [6.45, 7) is 9.37. The number of carbonyl (C=O) groups is 1. The van der Waals surface area contributed by atoms with Crippen LogP contribution in [0.2, 0.25) is 0 Å². The maximum Gasteiger partial charge on any atom is 0.315 e. The van der Waals surface area contributed by atoms with Gasteiger partial charge in [0, 0.05) is 35.7 Å². The predicted molar refractivity (Wildman–Crippen MR) is 134 cm³/mol. The monoisotopic (exact) mass is 452 g/mol. The molecule has 3 rings (SSSR count). The molecule has 178 valence electrons. The second kappa shape index (κ2) is 10.8. The van der Waals surface area contributed by atoms with Gasteiger partial charge >= 0.3 is 6.03 Å². The molecule has 0 heterocycles. The normalized spacial score (nSPS) is 15.0. The van der Waals surface area contributed by atoms with Gasteiger partial charge in [-0.3, -0.25) is 0 Å². The highest BCUT2D eigenvalue weighted by molar-refractivity contribution is 5.87. The lowest BCUT2D eigenvalue weighted by Crippen LogP contribution is -2.48. The van der Waals surface area contributed by atoms with Crippen LogP contribution in [0.3, 0.4) is 0 Å². The van der Waals surface area contributed by atoms with E-state index in [9.17, 15) is 9.18 Å². The van der Waals surface area contributed by atoms with E-state index in [0.717, 1.165) is 41.8 Å². The van der Waals surface area contributed by atoms with Crippen LogP contribution in [0, 0.1) is 22.6 Å². The van der Waals surface area contributed by atoms with Crippen LogP contribution in [-0.2, 0) is 0 Å². The average Bonchev–Trinajstić information content (AvgIpc) is 2.75. The fourth-order valence-electron chi connectivity index (χ4n) is 4.32. The van der Waals surface area contributed by atoms with Gasteiger partial charge in [0.15, 0.2) is 0 Å². The second-order valence-electron chi connectivity index (χ2n) is 10.2. The zero-order chi connectivity index (χ0) is 24.0. The molecule has 2 aromatic rings. The first-order valence-corrected chi connectivity index (χ1v) is 11.9. The summed E-state index contributed by atoms with van der Waals surface area (Å²) in [5, 5.41) is 17.4. The van der Waals surface area contributed by atoms with E-state index in [1.807, 2.05) is 6.07 Å². The number of nitrogens with one attached hydrogen (secondary N) is 4. The molecule has 0 bridgehead atoms. The summed E-state index contributed by atoms with van der Waals surface area (Å²) in [6.07, 6.45) is 5.64. The van der Waals surface area contributed by atoms with Gasteiger partial charge in [0.1, 0.15) is 5.82 Å². The molecular formula is C27H37FN4O. The Morgan fingerprint density at radius 1 is 1.18 bits per heavy atom. The minimum absolute atomic E-state index is 0.0879. The van der Waals surface area contributed by atoms with Gasteiger partial charge in [-0.2, -0.15) is 0 Å². The lowest BCUT2D eigenvalue weighted by atomic mass is 9.71. The molecule has 1 unspecified atom stereocenters. The van der Waals surface area contributed by atoms with E-state index >= 15 is 0 Å². The highest BCUT2D eigenvalue weighted by atomic mass is 19.1. The predicted octanol–water partition coefficient (Wildman–Crippen LogP) is 6.57.